The van der Waals surface area contributed by atoms with Crippen molar-refractivity contribution in [3.8, 4) is 0 Å². The van der Waals surface area contributed by atoms with Gasteiger partial charge in [-0.2, -0.15) is 0 Å². The summed E-state index contributed by atoms with van der Waals surface area (Å²) in [6.07, 6.45) is 1.01. The zero-order chi connectivity index (χ0) is 13.9. The van der Waals surface area contributed by atoms with E-state index in [0.717, 1.165) is 25.1 Å². The fraction of sp³-hybridized carbons (Fsp3) is 0.312. The van der Waals surface area contributed by atoms with Crippen LogP contribution in [0.15, 0.2) is 41.8 Å². The third kappa shape index (κ3) is 2.49. The van der Waals surface area contributed by atoms with Crippen LogP contribution in [0.25, 0.3) is 0 Å². The fourth-order valence-corrected chi connectivity index (χ4v) is 3.62. The van der Waals surface area contributed by atoms with E-state index in [-0.39, 0.29) is 12.0 Å². The molecule has 1 atom stereocenters. The van der Waals surface area contributed by atoms with Gasteiger partial charge in [0.2, 0.25) is 0 Å². The van der Waals surface area contributed by atoms with Gasteiger partial charge in [-0.05, 0) is 29.0 Å². The summed E-state index contributed by atoms with van der Waals surface area (Å²) in [5.74, 6) is -0.185. The summed E-state index contributed by atoms with van der Waals surface area (Å²) in [6.45, 7) is 1.70. The molecule has 0 amide bonds. The minimum absolute atomic E-state index is 0.185. The average Bonchev–Trinajstić information content (AvgIpc) is 2.96. The van der Waals surface area contributed by atoms with Gasteiger partial charge in [0.1, 0.15) is 6.04 Å². The van der Waals surface area contributed by atoms with Crippen LogP contribution in [0.4, 0.5) is 0 Å². The van der Waals surface area contributed by atoms with E-state index in [4.69, 9.17) is 4.74 Å². The van der Waals surface area contributed by atoms with Crippen molar-refractivity contribution in [2.75, 3.05) is 13.7 Å². The van der Waals surface area contributed by atoms with Gasteiger partial charge in [0, 0.05) is 18.0 Å². The Morgan fingerprint density at radius 1 is 1.30 bits per heavy atom. The first kappa shape index (κ1) is 13.3. The molecule has 0 saturated heterocycles. The van der Waals surface area contributed by atoms with Crippen molar-refractivity contribution in [1.82, 2.24) is 4.90 Å². The molecule has 2 heterocycles. The third-order valence-electron chi connectivity index (χ3n) is 3.74. The summed E-state index contributed by atoms with van der Waals surface area (Å²) >= 11 is 1.81. The molecule has 2 aromatic rings. The third-order valence-corrected chi connectivity index (χ3v) is 4.77. The van der Waals surface area contributed by atoms with Crippen LogP contribution in [0, 0.1) is 0 Å². The smallest absolute Gasteiger partial charge is 0.327 e. The molecule has 0 spiro atoms. The maximum atomic E-state index is 12.2. The highest BCUT2D eigenvalue weighted by atomic mass is 32.1. The fourth-order valence-electron chi connectivity index (χ4n) is 2.73. The van der Waals surface area contributed by atoms with Gasteiger partial charge in [0.25, 0.3) is 0 Å². The summed E-state index contributed by atoms with van der Waals surface area (Å²) in [4.78, 5) is 15.8. The van der Waals surface area contributed by atoms with E-state index in [9.17, 15) is 4.79 Å². The second kappa shape index (κ2) is 5.77. The summed E-state index contributed by atoms with van der Waals surface area (Å²) < 4.78 is 5.01. The van der Waals surface area contributed by atoms with Crippen molar-refractivity contribution >= 4 is 17.3 Å². The first-order valence-corrected chi connectivity index (χ1v) is 7.59. The molecule has 0 N–H and O–H groups in total. The predicted molar refractivity (Wildman–Crippen MR) is 79.6 cm³/mol. The van der Waals surface area contributed by atoms with Crippen molar-refractivity contribution in [1.29, 1.82) is 0 Å². The standard InChI is InChI=1S/C16H17NO2S/c1-19-16(18)15(12-5-3-2-4-6-12)17-9-7-14-13(11-17)8-10-20-14/h2-6,8,10,15H,7,9,11H2,1H3. The lowest BCUT2D eigenvalue weighted by molar-refractivity contribution is -0.147. The molecule has 0 aliphatic carbocycles. The largest absolute Gasteiger partial charge is 0.468 e. The molecule has 0 bridgehead atoms. The molecule has 0 radical (unpaired) electrons. The number of carbonyl (C=O) groups is 1. The monoisotopic (exact) mass is 287 g/mol. The number of fused-ring (bicyclic) bond motifs is 1. The first-order valence-electron chi connectivity index (χ1n) is 6.71. The minimum Gasteiger partial charge on any atom is -0.468 e. The molecular formula is C16H17NO2S. The molecule has 0 saturated carbocycles. The van der Waals surface area contributed by atoms with E-state index in [1.54, 1.807) is 11.3 Å². The summed E-state index contributed by atoms with van der Waals surface area (Å²) in [5.41, 5.74) is 2.34. The highest BCUT2D eigenvalue weighted by Crippen LogP contribution is 2.30. The van der Waals surface area contributed by atoms with Gasteiger partial charge in [-0.3, -0.25) is 4.90 Å². The van der Waals surface area contributed by atoms with Gasteiger partial charge in [0.05, 0.1) is 7.11 Å². The van der Waals surface area contributed by atoms with Gasteiger partial charge < -0.3 is 4.74 Å². The Bertz CT molecular complexity index is 594. The zero-order valence-corrected chi connectivity index (χ0v) is 12.2. The molecule has 3 nitrogen and oxygen atoms in total. The van der Waals surface area contributed by atoms with Crippen LogP contribution >= 0.6 is 11.3 Å². The topological polar surface area (TPSA) is 29.5 Å². The number of methoxy groups -OCH3 is 1. The Morgan fingerprint density at radius 3 is 2.85 bits per heavy atom. The number of benzene rings is 1. The maximum absolute atomic E-state index is 12.2. The molecule has 3 rings (SSSR count). The van der Waals surface area contributed by atoms with Crippen LogP contribution in [0.1, 0.15) is 22.0 Å². The average molecular weight is 287 g/mol. The summed E-state index contributed by atoms with van der Waals surface area (Å²) in [7, 11) is 1.46. The minimum atomic E-state index is -0.311. The number of esters is 1. The molecule has 1 aliphatic heterocycles. The van der Waals surface area contributed by atoms with Crippen molar-refractivity contribution in [2.24, 2.45) is 0 Å². The van der Waals surface area contributed by atoms with Crippen LogP contribution < -0.4 is 0 Å². The molecular weight excluding hydrogens is 270 g/mol. The van der Waals surface area contributed by atoms with Crippen molar-refractivity contribution in [2.45, 2.75) is 19.0 Å². The summed E-state index contributed by atoms with van der Waals surface area (Å²) in [5, 5.41) is 2.13. The van der Waals surface area contributed by atoms with Crippen molar-refractivity contribution in [3.63, 3.8) is 0 Å². The highest BCUT2D eigenvalue weighted by molar-refractivity contribution is 7.10. The molecule has 1 aromatic heterocycles. The van der Waals surface area contributed by atoms with Crippen LogP contribution in [-0.4, -0.2) is 24.5 Å². The van der Waals surface area contributed by atoms with E-state index in [1.807, 2.05) is 30.3 Å². The Kier molecular flexibility index (Phi) is 3.85. The quantitative estimate of drug-likeness (QED) is 0.813. The Labute approximate surface area is 122 Å². The Hall–Kier alpha value is -1.65. The van der Waals surface area contributed by atoms with E-state index < -0.39 is 0 Å². The van der Waals surface area contributed by atoms with E-state index in [0.29, 0.717) is 0 Å². The van der Waals surface area contributed by atoms with Gasteiger partial charge in [-0.1, -0.05) is 30.3 Å². The van der Waals surface area contributed by atoms with Crippen molar-refractivity contribution in [3.05, 3.63) is 57.8 Å². The van der Waals surface area contributed by atoms with Crippen LogP contribution in [0.3, 0.4) is 0 Å². The van der Waals surface area contributed by atoms with Crippen molar-refractivity contribution < 1.29 is 9.53 Å². The van der Waals surface area contributed by atoms with Crippen LogP contribution in [-0.2, 0) is 22.5 Å². The first-order chi connectivity index (χ1) is 9.79. The molecule has 1 aromatic carbocycles. The number of hydrogen-bond acceptors (Lipinski definition) is 4. The van der Waals surface area contributed by atoms with Gasteiger partial charge in [-0.25, -0.2) is 4.79 Å². The lowest BCUT2D eigenvalue weighted by Crippen LogP contribution is -2.38. The Balaban J connectivity index is 1.89. The van der Waals surface area contributed by atoms with E-state index in [1.165, 1.54) is 17.6 Å². The number of nitrogens with zero attached hydrogens (tertiary/aromatic N) is 1. The lowest BCUT2D eigenvalue weighted by Gasteiger charge is -2.33. The normalized spacial score (nSPS) is 16.4. The van der Waals surface area contributed by atoms with Gasteiger partial charge in [0.15, 0.2) is 0 Å². The Morgan fingerprint density at radius 2 is 2.10 bits per heavy atom. The number of ether oxygens (including phenoxy) is 1. The number of carbonyl (C=O) groups excluding carboxylic acids is 1. The van der Waals surface area contributed by atoms with Gasteiger partial charge >= 0.3 is 5.97 Å². The maximum Gasteiger partial charge on any atom is 0.327 e. The number of thiophene rings is 1. The van der Waals surface area contributed by atoms with Gasteiger partial charge in [-0.15, -0.1) is 11.3 Å². The molecule has 1 unspecified atom stereocenters. The second-order valence-electron chi connectivity index (χ2n) is 4.93. The highest BCUT2D eigenvalue weighted by Gasteiger charge is 2.31. The predicted octanol–water partition coefficient (Wildman–Crippen LogP) is 3.02. The van der Waals surface area contributed by atoms with Crippen LogP contribution in [0.2, 0.25) is 0 Å². The van der Waals surface area contributed by atoms with E-state index >= 15 is 0 Å². The second-order valence-corrected chi connectivity index (χ2v) is 5.93. The molecule has 104 valence electrons. The zero-order valence-electron chi connectivity index (χ0n) is 11.4. The van der Waals surface area contributed by atoms with Crippen LogP contribution in [0.5, 0.6) is 0 Å². The SMILES string of the molecule is COC(=O)C(c1ccccc1)N1CCc2sccc2C1. The van der Waals surface area contributed by atoms with E-state index in [2.05, 4.69) is 16.3 Å². The molecule has 0 fully saturated rings. The molecule has 1 aliphatic rings. The number of hydrogen-bond donors (Lipinski definition) is 0. The lowest BCUT2D eigenvalue weighted by atomic mass is 10.0. The molecule has 20 heavy (non-hydrogen) atoms. The summed E-state index contributed by atoms with van der Waals surface area (Å²) in [6, 6.07) is 11.7. The number of rotatable bonds is 3. The molecule has 4 heteroatoms.